The van der Waals surface area contributed by atoms with E-state index in [0.29, 0.717) is 24.0 Å². The molecule has 0 saturated heterocycles. The topological polar surface area (TPSA) is 53.9 Å². The summed E-state index contributed by atoms with van der Waals surface area (Å²) in [5.41, 5.74) is 1.82. The van der Waals surface area contributed by atoms with Crippen molar-refractivity contribution in [2.75, 3.05) is 16.8 Å². The number of rotatable bonds is 5. The molecule has 3 rings (SSSR count). The first-order valence-electron chi connectivity index (χ1n) is 8.35. The monoisotopic (exact) mass is 373 g/mol. The minimum atomic E-state index is -4.36. The molecule has 0 aliphatic rings. The average Bonchev–Trinajstić information content (AvgIpc) is 2.62. The van der Waals surface area contributed by atoms with E-state index in [-0.39, 0.29) is 0 Å². The average molecular weight is 373 g/mol. The molecule has 0 unspecified atom stereocenters. The second kappa shape index (κ2) is 7.61. The zero-order chi connectivity index (χ0) is 19.4. The number of nitrogens with one attached hydrogen (secondary N) is 1. The number of benzene rings is 2. The Bertz CT molecular complexity index is 910. The molecule has 8 heteroatoms. The molecule has 1 heterocycles. The first-order valence-corrected chi connectivity index (χ1v) is 8.35. The minimum Gasteiger partial charge on any atom is -0.339 e. The molecule has 0 radical (unpaired) electrons. The molecular formula is C19H18F3N5. The fourth-order valence-corrected chi connectivity index (χ4v) is 2.59. The number of aromatic nitrogens is 3. The van der Waals surface area contributed by atoms with E-state index in [1.54, 1.807) is 0 Å². The molecule has 27 heavy (non-hydrogen) atoms. The highest BCUT2D eigenvalue weighted by atomic mass is 19.4. The van der Waals surface area contributed by atoms with E-state index in [1.165, 1.54) is 18.3 Å². The fourth-order valence-electron chi connectivity index (χ4n) is 2.59. The third-order valence-electron chi connectivity index (χ3n) is 3.90. The molecule has 2 aromatic carbocycles. The van der Waals surface area contributed by atoms with Crippen LogP contribution in [-0.2, 0) is 6.18 Å². The van der Waals surface area contributed by atoms with Gasteiger partial charge in [-0.25, -0.2) is 0 Å². The molecule has 0 saturated carbocycles. The lowest BCUT2D eigenvalue weighted by Gasteiger charge is -2.21. The van der Waals surface area contributed by atoms with Gasteiger partial charge in [0.1, 0.15) is 0 Å². The summed E-state index contributed by atoms with van der Waals surface area (Å²) in [4.78, 5) is 6.34. The summed E-state index contributed by atoms with van der Waals surface area (Å²) in [6.07, 6.45) is -2.94. The smallest absolute Gasteiger partial charge is 0.339 e. The third kappa shape index (κ3) is 4.52. The van der Waals surface area contributed by atoms with E-state index in [1.807, 2.05) is 43.0 Å². The molecule has 0 fully saturated rings. The van der Waals surface area contributed by atoms with Crippen LogP contribution in [0.1, 0.15) is 18.1 Å². The van der Waals surface area contributed by atoms with Crippen LogP contribution in [0.4, 0.5) is 36.3 Å². The first kappa shape index (κ1) is 18.6. The van der Waals surface area contributed by atoms with Gasteiger partial charge in [0.25, 0.3) is 5.95 Å². The maximum absolute atomic E-state index is 12.7. The lowest BCUT2D eigenvalue weighted by molar-refractivity contribution is -0.137. The quantitative estimate of drug-likeness (QED) is 0.674. The van der Waals surface area contributed by atoms with E-state index in [9.17, 15) is 13.2 Å². The highest BCUT2D eigenvalue weighted by molar-refractivity contribution is 5.61. The van der Waals surface area contributed by atoms with Crippen LogP contribution in [0.2, 0.25) is 0 Å². The Morgan fingerprint density at radius 1 is 1.07 bits per heavy atom. The Morgan fingerprint density at radius 2 is 1.81 bits per heavy atom. The van der Waals surface area contributed by atoms with Gasteiger partial charge in [0, 0.05) is 17.9 Å². The predicted molar refractivity (Wildman–Crippen MR) is 98.4 cm³/mol. The van der Waals surface area contributed by atoms with Crippen LogP contribution in [0, 0.1) is 6.92 Å². The fraction of sp³-hybridized carbons (Fsp3) is 0.211. The first-order chi connectivity index (χ1) is 12.9. The predicted octanol–water partition coefficient (Wildman–Crippen LogP) is 5.10. The summed E-state index contributed by atoms with van der Waals surface area (Å²) >= 11 is 0. The number of alkyl halides is 3. The lowest BCUT2D eigenvalue weighted by Crippen LogP contribution is -2.19. The van der Waals surface area contributed by atoms with E-state index in [4.69, 9.17) is 0 Å². The number of hydrogen-bond acceptors (Lipinski definition) is 5. The normalized spacial score (nSPS) is 11.3. The van der Waals surface area contributed by atoms with Gasteiger partial charge in [-0.1, -0.05) is 12.1 Å². The van der Waals surface area contributed by atoms with Gasteiger partial charge >= 0.3 is 6.18 Å². The largest absolute Gasteiger partial charge is 0.416 e. The summed E-state index contributed by atoms with van der Waals surface area (Å²) < 4.78 is 38.0. The van der Waals surface area contributed by atoms with Gasteiger partial charge in [-0.15, -0.1) is 5.10 Å². The van der Waals surface area contributed by atoms with E-state index in [2.05, 4.69) is 20.5 Å². The van der Waals surface area contributed by atoms with Crippen molar-refractivity contribution in [1.29, 1.82) is 0 Å². The van der Waals surface area contributed by atoms with Crippen LogP contribution in [0.3, 0.4) is 0 Å². The van der Waals surface area contributed by atoms with Gasteiger partial charge in [-0.2, -0.15) is 23.3 Å². The number of nitrogens with zero attached hydrogens (tertiary/aromatic N) is 4. The number of halogens is 3. The Labute approximate surface area is 154 Å². The highest BCUT2D eigenvalue weighted by Gasteiger charge is 2.29. The highest BCUT2D eigenvalue weighted by Crippen LogP contribution is 2.30. The molecule has 0 spiro atoms. The molecule has 0 atom stereocenters. The van der Waals surface area contributed by atoms with Crippen molar-refractivity contribution in [3.05, 3.63) is 65.9 Å². The van der Waals surface area contributed by atoms with Gasteiger partial charge < -0.3 is 10.2 Å². The van der Waals surface area contributed by atoms with Crippen LogP contribution >= 0.6 is 0 Å². The molecular weight excluding hydrogens is 355 g/mol. The van der Waals surface area contributed by atoms with Crippen molar-refractivity contribution >= 4 is 23.1 Å². The molecule has 0 aliphatic carbocycles. The SMILES string of the molecule is CCN(c1cccc(C)c1)c1nncc(Nc2ccc(C(F)(F)F)cc2)n1. The van der Waals surface area contributed by atoms with Crippen LogP contribution in [-0.4, -0.2) is 21.7 Å². The van der Waals surface area contributed by atoms with Crippen molar-refractivity contribution in [2.24, 2.45) is 0 Å². The summed E-state index contributed by atoms with van der Waals surface area (Å²) in [6.45, 7) is 4.61. The van der Waals surface area contributed by atoms with Crippen LogP contribution in [0.15, 0.2) is 54.7 Å². The zero-order valence-corrected chi connectivity index (χ0v) is 14.8. The molecule has 3 aromatic rings. The molecule has 0 bridgehead atoms. The molecule has 0 aliphatic heterocycles. The Hall–Kier alpha value is -3.16. The summed E-state index contributed by atoms with van der Waals surface area (Å²) in [5.74, 6) is 0.797. The summed E-state index contributed by atoms with van der Waals surface area (Å²) in [7, 11) is 0. The van der Waals surface area contributed by atoms with Crippen molar-refractivity contribution in [1.82, 2.24) is 15.2 Å². The second-order valence-corrected chi connectivity index (χ2v) is 5.92. The number of hydrogen-bond donors (Lipinski definition) is 1. The van der Waals surface area contributed by atoms with Gasteiger partial charge in [0.05, 0.1) is 11.8 Å². The Balaban J connectivity index is 1.82. The molecule has 1 N–H and O–H groups in total. The molecule has 140 valence electrons. The minimum absolute atomic E-state index is 0.394. The van der Waals surface area contributed by atoms with Crippen molar-refractivity contribution < 1.29 is 13.2 Å². The number of anilines is 4. The van der Waals surface area contributed by atoms with Crippen molar-refractivity contribution in [3.63, 3.8) is 0 Å². The van der Waals surface area contributed by atoms with Gasteiger partial charge in [-0.05, 0) is 55.8 Å². The summed E-state index contributed by atoms with van der Waals surface area (Å²) in [5, 5.41) is 11.0. The van der Waals surface area contributed by atoms with E-state index >= 15 is 0 Å². The Kier molecular flexibility index (Phi) is 5.25. The van der Waals surface area contributed by atoms with Crippen molar-refractivity contribution in [2.45, 2.75) is 20.0 Å². The maximum atomic E-state index is 12.7. The van der Waals surface area contributed by atoms with Crippen molar-refractivity contribution in [3.8, 4) is 0 Å². The molecule has 0 amide bonds. The second-order valence-electron chi connectivity index (χ2n) is 5.92. The van der Waals surface area contributed by atoms with Gasteiger partial charge in [-0.3, -0.25) is 0 Å². The van der Waals surface area contributed by atoms with Crippen LogP contribution in [0.25, 0.3) is 0 Å². The van der Waals surface area contributed by atoms with E-state index in [0.717, 1.165) is 23.4 Å². The van der Waals surface area contributed by atoms with E-state index < -0.39 is 11.7 Å². The molecule has 5 nitrogen and oxygen atoms in total. The maximum Gasteiger partial charge on any atom is 0.416 e. The van der Waals surface area contributed by atoms with Crippen LogP contribution in [0.5, 0.6) is 0 Å². The van der Waals surface area contributed by atoms with Gasteiger partial charge in [0.15, 0.2) is 5.82 Å². The zero-order valence-electron chi connectivity index (χ0n) is 14.8. The van der Waals surface area contributed by atoms with Crippen LogP contribution < -0.4 is 10.2 Å². The Morgan fingerprint density at radius 3 is 2.44 bits per heavy atom. The lowest BCUT2D eigenvalue weighted by atomic mass is 10.2. The third-order valence-corrected chi connectivity index (χ3v) is 3.90. The molecule has 1 aromatic heterocycles. The number of aryl methyl sites for hydroxylation is 1. The summed E-state index contributed by atoms with van der Waals surface area (Å²) in [6, 6.07) is 12.7. The van der Waals surface area contributed by atoms with Gasteiger partial charge in [0.2, 0.25) is 0 Å². The standard InChI is InChI=1S/C19H18F3N5/c1-3-27(16-6-4-5-13(2)11-16)18-25-17(12-23-26-18)24-15-9-7-14(8-10-15)19(20,21)22/h4-12H,3H2,1-2H3,(H,24,25,26).